The van der Waals surface area contributed by atoms with Crippen molar-refractivity contribution in [3.63, 3.8) is 0 Å². The molecule has 1 aliphatic heterocycles. The first-order valence-electron chi connectivity index (χ1n) is 5.83. The Hall–Kier alpha value is -0.770. The van der Waals surface area contributed by atoms with Crippen LogP contribution in [0.1, 0.15) is 26.7 Å². The molecule has 1 rings (SSSR count). The number of hydrogen-bond acceptors (Lipinski definition) is 2. The molecule has 0 aromatic rings. The molecular weight excluding hydrogens is 190 g/mol. The Morgan fingerprint density at radius 3 is 2.53 bits per heavy atom. The normalized spacial score (nSPS) is 17.1. The van der Waals surface area contributed by atoms with Gasteiger partial charge in [-0.25, -0.2) is 4.79 Å². The summed E-state index contributed by atoms with van der Waals surface area (Å²) in [4.78, 5) is 15.7. The van der Waals surface area contributed by atoms with Gasteiger partial charge in [0.15, 0.2) is 0 Å². The fourth-order valence-corrected chi connectivity index (χ4v) is 1.76. The second-order valence-corrected chi connectivity index (χ2v) is 4.57. The van der Waals surface area contributed by atoms with Crippen LogP contribution >= 0.6 is 0 Å². The van der Waals surface area contributed by atoms with Gasteiger partial charge in [0.05, 0.1) is 0 Å². The highest BCUT2D eigenvalue weighted by Gasteiger charge is 2.14. The molecule has 0 radical (unpaired) electrons. The lowest BCUT2D eigenvalue weighted by atomic mass is 10.4. The number of likely N-dealkylation sites (N-methyl/N-ethyl adjacent to an activating group) is 1. The number of hydrogen-bond donors (Lipinski definition) is 1. The average Bonchev–Trinajstić information content (AvgIpc) is 2.65. The largest absolute Gasteiger partial charge is 0.336 e. The van der Waals surface area contributed by atoms with Crippen LogP contribution in [0.5, 0.6) is 0 Å². The van der Waals surface area contributed by atoms with E-state index in [1.807, 2.05) is 20.9 Å². The number of likely N-dealkylation sites (tertiary alicyclic amines) is 1. The number of carbonyl (C=O) groups excluding carboxylic acids is 1. The molecule has 0 aliphatic carbocycles. The van der Waals surface area contributed by atoms with Crippen LogP contribution < -0.4 is 5.32 Å². The van der Waals surface area contributed by atoms with Crippen LogP contribution in [0.25, 0.3) is 0 Å². The Bertz CT molecular complexity index is 200. The van der Waals surface area contributed by atoms with Crippen molar-refractivity contribution in [2.24, 2.45) is 0 Å². The molecule has 0 saturated carbocycles. The van der Waals surface area contributed by atoms with Crippen LogP contribution in [-0.2, 0) is 0 Å². The molecule has 1 aliphatic rings. The van der Waals surface area contributed by atoms with E-state index in [1.165, 1.54) is 25.9 Å². The first kappa shape index (κ1) is 12.3. The van der Waals surface area contributed by atoms with Gasteiger partial charge < -0.3 is 15.1 Å². The lowest BCUT2D eigenvalue weighted by Crippen LogP contribution is -2.43. The predicted molar refractivity (Wildman–Crippen MR) is 62.0 cm³/mol. The van der Waals surface area contributed by atoms with Crippen LogP contribution in [-0.4, -0.2) is 55.1 Å². The summed E-state index contributed by atoms with van der Waals surface area (Å²) in [5.74, 6) is 0. The van der Waals surface area contributed by atoms with Crippen molar-refractivity contribution in [1.82, 2.24) is 15.1 Å². The van der Waals surface area contributed by atoms with Crippen molar-refractivity contribution in [2.45, 2.75) is 32.7 Å². The molecule has 1 heterocycles. The number of amides is 2. The van der Waals surface area contributed by atoms with E-state index in [0.717, 1.165) is 13.1 Å². The maximum absolute atomic E-state index is 11.6. The van der Waals surface area contributed by atoms with Crippen LogP contribution in [0, 0.1) is 0 Å². The minimum Gasteiger partial charge on any atom is -0.336 e. The summed E-state index contributed by atoms with van der Waals surface area (Å²) in [5.41, 5.74) is 0. The number of nitrogens with zero attached hydrogens (tertiary/aromatic N) is 2. The minimum absolute atomic E-state index is 0.0317. The Morgan fingerprint density at radius 1 is 1.40 bits per heavy atom. The molecular formula is C11H23N3O. The third-order valence-electron chi connectivity index (χ3n) is 2.71. The minimum atomic E-state index is 0.0317. The van der Waals surface area contributed by atoms with E-state index in [4.69, 9.17) is 0 Å². The van der Waals surface area contributed by atoms with Gasteiger partial charge in [-0.3, -0.25) is 0 Å². The van der Waals surface area contributed by atoms with Crippen LogP contribution in [0.2, 0.25) is 0 Å². The second kappa shape index (κ2) is 5.95. The van der Waals surface area contributed by atoms with Crippen LogP contribution in [0.4, 0.5) is 4.79 Å². The molecule has 2 amide bonds. The summed E-state index contributed by atoms with van der Waals surface area (Å²) in [6.45, 7) is 8.16. The smallest absolute Gasteiger partial charge is 0.317 e. The van der Waals surface area contributed by atoms with Gasteiger partial charge in [-0.15, -0.1) is 0 Å². The monoisotopic (exact) mass is 213 g/mol. The maximum Gasteiger partial charge on any atom is 0.317 e. The molecule has 0 aromatic carbocycles. The highest BCUT2D eigenvalue weighted by atomic mass is 16.2. The zero-order valence-electron chi connectivity index (χ0n) is 10.1. The molecule has 4 heteroatoms. The van der Waals surface area contributed by atoms with Gasteiger partial charge in [0.25, 0.3) is 0 Å². The SMILES string of the molecule is CC(C)NC(=O)N(C)CCN1CCCC1. The standard InChI is InChI=1S/C11H23N3O/c1-10(2)12-11(15)13(3)8-9-14-6-4-5-7-14/h10H,4-9H2,1-3H3,(H,12,15). The first-order chi connectivity index (χ1) is 7.09. The zero-order valence-corrected chi connectivity index (χ0v) is 10.1. The van der Waals surface area contributed by atoms with E-state index in [0.29, 0.717) is 0 Å². The van der Waals surface area contributed by atoms with Gasteiger partial charge in [-0.1, -0.05) is 0 Å². The van der Waals surface area contributed by atoms with Gasteiger partial charge in [0.2, 0.25) is 0 Å². The lowest BCUT2D eigenvalue weighted by molar-refractivity contribution is 0.198. The van der Waals surface area contributed by atoms with E-state index in [-0.39, 0.29) is 12.1 Å². The highest BCUT2D eigenvalue weighted by molar-refractivity contribution is 5.74. The number of urea groups is 1. The molecule has 0 bridgehead atoms. The van der Waals surface area contributed by atoms with E-state index >= 15 is 0 Å². The maximum atomic E-state index is 11.6. The molecule has 1 fully saturated rings. The average molecular weight is 213 g/mol. The van der Waals surface area contributed by atoms with E-state index < -0.39 is 0 Å². The molecule has 0 atom stereocenters. The topological polar surface area (TPSA) is 35.6 Å². The Labute approximate surface area is 92.6 Å². The van der Waals surface area contributed by atoms with E-state index in [2.05, 4.69) is 10.2 Å². The summed E-state index contributed by atoms with van der Waals surface area (Å²) >= 11 is 0. The summed E-state index contributed by atoms with van der Waals surface area (Å²) in [6, 6.07) is 0.246. The summed E-state index contributed by atoms with van der Waals surface area (Å²) in [5, 5.41) is 2.89. The second-order valence-electron chi connectivity index (χ2n) is 4.57. The van der Waals surface area contributed by atoms with Crippen molar-refractivity contribution in [1.29, 1.82) is 0 Å². The summed E-state index contributed by atoms with van der Waals surface area (Å²) in [7, 11) is 1.85. The van der Waals surface area contributed by atoms with Gasteiger partial charge in [0.1, 0.15) is 0 Å². The van der Waals surface area contributed by atoms with Crippen LogP contribution in [0.3, 0.4) is 0 Å². The van der Waals surface area contributed by atoms with Crippen molar-refractivity contribution in [3.8, 4) is 0 Å². The molecule has 88 valence electrons. The third-order valence-corrected chi connectivity index (χ3v) is 2.71. The quantitative estimate of drug-likeness (QED) is 0.760. The molecule has 4 nitrogen and oxygen atoms in total. The van der Waals surface area contributed by atoms with Crippen molar-refractivity contribution < 1.29 is 4.79 Å². The van der Waals surface area contributed by atoms with Crippen molar-refractivity contribution in [3.05, 3.63) is 0 Å². The summed E-state index contributed by atoms with van der Waals surface area (Å²) in [6.07, 6.45) is 2.61. The molecule has 0 aromatic heterocycles. The molecule has 1 N–H and O–H groups in total. The van der Waals surface area contributed by atoms with E-state index in [1.54, 1.807) is 4.90 Å². The summed E-state index contributed by atoms with van der Waals surface area (Å²) < 4.78 is 0. The van der Waals surface area contributed by atoms with Crippen molar-refractivity contribution in [2.75, 3.05) is 33.2 Å². The van der Waals surface area contributed by atoms with Crippen LogP contribution in [0.15, 0.2) is 0 Å². The molecule has 0 spiro atoms. The fourth-order valence-electron chi connectivity index (χ4n) is 1.76. The Morgan fingerprint density at radius 2 is 2.00 bits per heavy atom. The third kappa shape index (κ3) is 4.51. The fraction of sp³-hybridized carbons (Fsp3) is 0.909. The highest BCUT2D eigenvalue weighted by Crippen LogP contribution is 2.06. The van der Waals surface area contributed by atoms with Gasteiger partial charge in [-0.05, 0) is 39.8 Å². The number of rotatable bonds is 4. The number of carbonyl (C=O) groups is 1. The van der Waals surface area contributed by atoms with Gasteiger partial charge >= 0.3 is 6.03 Å². The van der Waals surface area contributed by atoms with Crippen molar-refractivity contribution >= 4 is 6.03 Å². The van der Waals surface area contributed by atoms with E-state index in [9.17, 15) is 4.79 Å². The Balaban J connectivity index is 2.16. The Kier molecular flexibility index (Phi) is 4.88. The van der Waals surface area contributed by atoms with Gasteiger partial charge in [-0.2, -0.15) is 0 Å². The number of nitrogens with one attached hydrogen (secondary N) is 1. The molecule has 15 heavy (non-hydrogen) atoms. The molecule has 1 saturated heterocycles. The lowest BCUT2D eigenvalue weighted by Gasteiger charge is -2.22. The first-order valence-corrected chi connectivity index (χ1v) is 5.83. The van der Waals surface area contributed by atoms with Gasteiger partial charge in [0, 0.05) is 26.2 Å². The molecule has 0 unspecified atom stereocenters. The zero-order chi connectivity index (χ0) is 11.3. The predicted octanol–water partition coefficient (Wildman–Crippen LogP) is 1.13.